The zero-order valence-electron chi connectivity index (χ0n) is 5.61. The molecule has 0 aromatic carbocycles. The summed E-state index contributed by atoms with van der Waals surface area (Å²) in [4.78, 5) is 11.7. The average molecular weight is 182 g/mol. The van der Waals surface area contributed by atoms with Crippen molar-refractivity contribution in [3.63, 3.8) is 0 Å². The number of alkyl halides is 2. The lowest BCUT2D eigenvalue weighted by Crippen LogP contribution is -2.58. The summed E-state index contributed by atoms with van der Waals surface area (Å²) in [5, 5.41) is -0.222. The van der Waals surface area contributed by atoms with Gasteiger partial charge in [0, 0.05) is 0 Å². The third kappa shape index (κ3) is 1.68. The van der Waals surface area contributed by atoms with Crippen molar-refractivity contribution in [2.75, 3.05) is 13.1 Å². The van der Waals surface area contributed by atoms with E-state index in [0.717, 1.165) is 4.90 Å². The predicted molar refractivity (Wildman–Crippen MR) is 36.5 cm³/mol. The Morgan fingerprint density at radius 3 is 2.27 bits per heavy atom. The molecule has 1 heterocycles. The van der Waals surface area contributed by atoms with E-state index in [2.05, 4.69) is 6.58 Å². The summed E-state index contributed by atoms with van der Waals surface area (Å²) < 4.78 is 24.3. The highest BCUT2D eigenvalue weighted by Gasteiger charge is 2.46. The van der Waals surface area contributed by atoms with Crippen molar-refractivity contribution in [1.82, 2.24) is 4.90 Å². The first-order chi connectivity index (χ1) is 4.92. The lowest BCUT2D eigenvalue weighted by atomic mass is 10.1. The third-order valence-corrected chi connectivity index (χ3v) is 1.53. The van der Waals surface area contributed by atoms with Crippen LogP contribution in [0, 0.1) is 0 Å². The number of hydrogen-bond acceptors (Lipinski definition) is 1. The molecule has 1 fully saturated rings. The van der Waals surface area contributed by atoms with E-state index in [1.165, 1.54) is 0 Å². The molecule has 0 bridgehead atoms. The molecule has 0 aliphatic carbocycles. The fourth-order valence-corrected chi connectivity index (χ4v) is 0.947. The summed E-state index contributed by atoms with van der Waals surface area (Å²) in [6, 6.07) is 0. The van der Waals surface area contributed by atoms with E-state index < -0.39 is 24.9 Å². The Morgan fingerprint density at radius 2 is 2.00 bits per heavy atom. The summed E-state index contributed by atoms with van der Waals surface area (Å²) >= 11 is 5.20. The molecular formula is C6H6ClF2NO. The first kappa shape index (κ1) is 8.46. The SMILES string of the molecule is C=C(Cl)C(=O)N1CC(F)(F)C1. The van der Waals surface area contributed by atoms with Crippen LogP contribution in [-0.2, 0) is 4.79 Å². The first-order valence-electron chi connectivity index (χ1n) is 2.94. The molecule has 1 saturated heterocycles. The monoisotopic (exact) mass is 181 g/mol. The van der Waals surface area contributed by atoms with Crippen LogP contribution < -0.4 is 0 Å². The number of rotatable bonds is 1. The molecule has 0 spiro atoms. The molecule has 62 valence electrons. The first-order valence-corrected chi connectivity index (χ1v) is 3.32. The van der Waals surface area contributed by atoms with E-state index in [4.69, 9.17) is 11.6 Å². The number of carbonyl (C=O) groups excluding carboxylic acids is 1. The van der Waals surface area contributed by atoms with E-state index >= 15 is 0 Å². The normalized spacial score (nSPS) is 20.8. The fraction of sp³-hybridized carbons (Fsp3) is 0.500. The van der Waals surface area contributed by atoms with Crippen LogP contribution in [0.25, 0.3) is 0 Å². The van der Waals surface area contributed by atoms with Crippen molar-refractivity contribution >= 4 is 17.5 Å². The summed E-state index contributed by atoms with van der Waals surface area (Å²) in [5.74, 6) is -3.35. The Morgan fingerprint density at radius 1 is 1.55 bits per heavy atom. The van der Waals surface area contributed by atoms with Crippen LogP contribution in [0.4, 0.5) is 8.78 Å². The van der Waals surface area contributed by atoms with Crippen molar-refractivity contribution in [3.05, 3.63) is 11.6 Å². The second-order valence-electron chi connectivity index (χ2n) is 2.42. The lowest BCUT2D eigenvalue weighted by Gasteiger charge is -2.38. The maximum absolute atomic E-state index is 12.1. The Kier molecular flexibility index (Phi) is 1.88. The second kappa shape index (κ2) is 2.44. The molecule has 0 aromatic heterocycles. The Balaban J connectivity index is 2.45. The maximum atomic E-state index is 12.1. The Hall–Kier alpha value is -0.640. The molecule has 0 unspecified atom stereocenters. The molecule has 11 heavy (non-hydrogen) atoms. The largest absolute Gasteiger partial charge is 0.326 e. The van der Waals surface area contributed by atoms with Gasteiger partial charge < -0.3 is 4.90 Å². The molecule has 0 aromatic rings. The van der Waals surface area contributed by atoms with E-state index in [1.807, 2.05) is 0 Å². The highest BCUT2D eigenvalue weighted by molar-refractivity contribution is 6.41. The van der Waals surface area contributed by atoms with Gasteiger partial charge >= 0.3 is 0 Å². The van der Waals surface area contributed by atoms with Crippen LogP contribution in [0.15, 0.2) is 11.6 Å². The fourth-order valence-electron chi connectivity index (χ4n) is 0.827. The van der Waals surface area contributed by atoms with Gasteiger partial charge in [-0.05, 0) is 0 Å². The molecule has 1 amide bonds. The minimum atomic E-state index is -2.73. The standard InChI is InChI=1S/C6H6ClF2NO/c1-4(7)5(11)10-2-6(8,9)3-10/h1-3H2. The van der Waals surface area contributed by atoms with Gasteiger partial charge in [0.2, 0.25) is 0 Å². The van der Waals surface area contributed by atoms with Crippen molar-refractivity contribution in [2.45, 2.75) is 5.92 Å². The predicted octanol–water partition coefficient (Wildman–Crippen LogP) is 1.22. The highest BCUT2D eigenvalue weighted by atomic mass is 35.5. The molecule has 2 nitrogen and oxygen atoms in total. The zero-order valence-corrected chi connectivity index (χ0v) is 6.37. The minimum Gasteiger partial charge on any atom is -0.326 e. The van der Waals surface area contributed by atoms with Gasteiger partial charge in [-0.15, -0.1) is 0 Å². The third-order valence-electron chi connectivity index (χ3n) is 1.36. The molecular weight excluding hydrogens is 176 g/mol. The Labute approximate surface area is 67.4 Å². The minimum absolute atomic E-state index is 0.222. The summed E-state index contributed by atoms with van der Waals surface area (Å²) in [6.45, 7) is 2.05. The molecule has 0 saturated carbocycles. The van der Waals surface area contributed by atoms with E-state index in [9.17, 15) is 13.6 Å². The molecule has 0 N–H and O–H groups in total. The van der Waals surface area contributed by atoms with Crippen molar-refractivity contribution in [3.8, 4) is 0 Å². The zero-order chi connectivity index (χ0) is 8.65. The van der Waals surface area contributed by atoms with Crippen LogP contribution in [-0.4, -0.2) is 29.8 Å². The molecule has 0 radical (unpaired) electrons. The highest BCUT2D eigenvalue weighted by Crippen LogP contribution is 2.27. The van der Waals surface area contributed by atoms with Gasteiger partial charge in [-0.2, -0.15) is 0 Å². The van der Waals surface area contributed by atoms with E-state index in [0.29, 0.717) is 0 Å². The molecule has 0 atom stereocenters. The van der Waals surface area contributed by atoms with Gasteiger partial charge in [-0.1, -0.05) is 18.2 Å². The molecule has 1 rings (SSSR count). The van der Waals surface area contributed by atoms with Gasteiger partial charge in [0.15, 0.2) is 0 Å². The van der Waals surface area contributed by atoms with Gasteiger partial charge in [0.25, 0.3) is 11.8 Å². The topological polar surface area (TPSA) is 20.3 Å². The van der Waals surface area contributed by atoms with Crippen LogP contribution in [0.1, 0.15) is 0 Å². The smallest absolute Gasteiger partial charge is 0.282 e. The quantitative estimate of drug-likeness (QED) is 0.557. The van der Waals surface area contributed by atoms with Crippen LogP contribution >= 0.6 is 11.6 Å². The van der Waals surface area contributed by atoms with Crippen LogP contribution in [0.5, 0.6) is 0 Å². The number of halogens is 3. The lowest BCUT2D eigenvalue weighted by molar-refractivity contribution is -0.161. The second-order valence-corrected chi connectivity index (χ2v) is 2.88. The summed E-state index contributed by atoms with van der Waals surface area (Å²) in [6.07, 6.45) is 0. The van der Waals surface area contributed by atoms with Gasteiger partial charge in [0.1, 0.15) is 0 Å². The van der Waals surface area contributed by atoms with Crippen LogP contribution in [0.2, 0.25) is 0 Å². The maximum Gasteiger partial charge on any atom is 0.282 e. The number of nitrogens with zero attached hydrogens (tertiary/aromatic N) is 1. The number of carbonyl (C=O) groups is 1. The average Bonchev–Trinajstić information content (AvgIpc) is 1.80. The van der Waals surface area contributed by atoms with E-state index in [1.54, 1.807) is 0 Å². The van der Waals surface area contributed by atoms with Crippen molar-refractivity contribution in [2.24, 2.45) is 0 Å². The van der Waals surface area contributed by atoms with Gasteiger partial charge in [-0.3, -0.25) is 4.79 Å². The van der Waals surface area contributed by atoms with Crippen LogP contribution in [0.3, 0.4) is 0 Å². The Bertz CT molecular complexity index is 209. The molecule has 5 heteroatoms. The summed E-state index contributed by atoms with van der Waals surface area (Å²) in [5.41, 5.74) is 0. The number of hydrogen-bond donors (Lipinski definition) is 0. The molecule has 1 aliphatic rings. The summed E-state index contributed by atoms with van der Waals surface area (Å²) in [7, 11) is 0. The van der Waals surface area contributed by atoms with E-state index in [-0.39, 0.29) is 5.03 Å². The van der Waals surface area contributed by atoms with Gasteiger partial charge in [-0.25, -0.2) is 8.78 Å². The van der Waals surface area contributed by atoms with Crippen molar-refractivity contribution in [1.29, 1.82) is 0 Å². The van der Waals surface area contributed by atoms with Gasteiger partial charge in [0.05, 0.1) is 18.1 Å². The van der Waals surface area contributed by atoms with Crippen molar-refractivity contribution < 1.29 is 13.6 Å². The number of amides is 1. The molecule has 1 aliphatic heterocycles. The number of likely N-dealkylation sites (tertiary alicyclic amines) is 1.